The summed E-state index contributed by atoms with van der Waals surface area (Å²) in [6.07, 6.45) is 3.46. The Hall–Kier alpha value is -3.47. The molecule has 0 aliphatic carbocycles. The van der Waals surface area contributed by atoms with E-state index in [1.807, 2.05) is 55.5 Å². The molecule has 2 aromatic carbocycles. The van der Waals surface area contributed by atoms with Crippen LogP contribution >= 0.6 is 0 Å². The molecule has 1 heterocycles. The van der Waals surface area contributed by atoms with E-state index in [2.05, 4.69) is 15.6 Å². The van der Waals surface area contributed by atoms with Crippen LogP contribution in [-0.4, -0.2) is 16.8 Å². The molecule has 0 radical (unpaired) electrons. The van der Waals surface area contributed by atoms with Gasteiger partial charge in [-0.2, -0.15) is 0 Å². The average molecular weight is 359 g/mol. The molecular formula is C22H21N3O2. The number of nitrogens with one attached hydrogen (secondary N) is 2. The summed E-state index contributed by atoms with van der Waals surface area (Å²) in [7, 11) is 0. The first-order chi connectivity index (χ1) is 13.1. The molecule has 0 aliphatic heterocycles. The number of carbonyl (C=O) groups excluding carboxylic acids is 2. The Kier molecular flexibility index (Phi) is 5.94. The van der Waals surface area contributed by atoms with E-state index in [1.54, 1.807) is 18.3 Å². The molecule has 0 fully saturated rings. The first-order valence-electron chi connectivity index (χ1n) is 8.73. The van der Waals surface area contributed by atoms with Gasteiger partial charge in [0.15, 0.2) is 0 Å². The first kappa shape index (κ1) is 18.3. The summed E-state index contributed by atoms with van der Waals surface area (Å²) in [5, 5.41) is 5.80. The number of pyridine rings is 1. The van der Waals surface area contributed by atoms with Crippen LogP contribution in [0.5, 0.6) is 0 Å². The highest BCUT2D eigenvalue weighted by atomic mass is 16.2. The van der Waals surface area contributed by atoms with E-state index in [0.29, 0.717) is 24.2 Å². The summed E-state index contributed by atoms with van der Waals surface area (Å²) in [5.74, 6) is -0.296. The van der Waals surface area contributed by atoms with Gasteiger partial charge in [-0.05, 0) is 36.2 Å². The predicted octanol–water partition coefficient (Wildman–Crippen LogP) is 3.50. The maximum atomic E-state index is 12.3. The standard InChI is InChI=1S/C22H21N3O2/c1-16-6-4-7-17(12-16)13-21(26)24-15-18-8-2-3-10-20(18)25-22(27)19-9-5-11-23-14-19/h2-12,14H,13,15H2,1H3,(H,24,26)(H,25,27). The van der Waals surface area contributed by atoms with Gasteiger partial charge in [0.1, 0.15) is 0 Å². The second-order valence-corrected chi connectivity index (χ2v) is 6.30. The fourth-order valence-corrected chi connectivity index (χ4v) is 2.75. The monoisotopic (exact) mass is 359 g/mol. The number of rotatable bonds is 6. The van der Waals surface area contributed by atoms with Gasteiger partial charge in [-0.25, -0.2) is 0 Å². The van der Waals surface area contributed by atoms with Crippen molar-refractivity contribution >= 4 is 17.5 Å². The number of anilines is 1. The zero-order chi connectivity index (χ0) is 19.1. The third kappa shape index (κ3) is 5.25. The minimum atomic E-state index is -0.235. The second-order valence-electron chi connectivity index (χ2n) is 6.30. The molecule has 27 heavy (non-hydrogen) atoms. The van der Waals surface area contributed by atoms with Crippen LogP contribution in [0.3, 0.4) is 0 Å². The van der Waals surface area contributed by atoms with Gasteiger partial charge >= 0.3 is 0 Å². The lowest BCUT2D eigenvalue weighted by molar-refractivity contribution is -0.120. The SMILES string of the molecule is Cc1cccc(CC(=O)NCc2ccccc2NC(=O)c2cccnc2)c1. The molecule has 3 aromatic rings. The van der Waals surface area contributed by atoms with Crippen molar-refractivity contribution in [1.82, 2.24) is 10.3 Å². The number of hydrogen-bond donors (Lipinski definition) is 2. The second kappa shape index (κ2) is 8.76. The molecular weight excluding hydrogens is 338 g/mol. The van der Waals surface area contributed by atoms with Gasteiger partial charge in [0, 0.05) is 24.6 Å². The van der Waals surface area contributed by atoms with E-state index in [4.69, 9.17) is 0 Å². The summed E-state index contributed by atoms with van der Waals surface area (Å²) >= 11 is 0. The summed E-state index contributed by atoms with van der Waals surface area (Å²) < 4.78 is 0. The van der Waals surface area contributed by atoms with Crippen molar-refractivity contribution in [2.24, 2.45) is 0 Å². The molecule has 2 amide bonds. The topological polar surface area (TPSA) is 71.1 Å². The zero-order valence-electron chi connectivity index (χ0n) is 15.1. The molecule has 136 valence electrons. The molecule has 0 atom stereocenters. The van der Waals surface area contributed by atoms with E-state index in [1.165, 1.54) is 6.20 Å². The highest BCUT2D eigenvalue weighted by Crippen LogP contribution is 2.16. The maximum Gasteiger partial charge on any atom is 0.257 e. The molecule has 0 spiro atoms. The first-order valence-corrected chi connectivity index (χ1v) is 8.73. The van der Waals surface area contributed by atoms with E-state index in [-0.39, 0.29) is 11.8 Å². The van der Waals surface area contributed by atoms with Crippen LogP contribution in [0.2, 0.25) is 0 Å². The summed E-state index contributed by atoms with van der Waals surface area (Å²) in [6.45, 7) is 2.34. The third-order valence-corrected chi connectivity index (χ3v) is 4.11. The largest absolute Gasteiger partial charge is 0.352 e. The molecule has 5 heteroatoms. The lowest BCUT2D eigenvalue weighted by atomic mass is 10.1. The number of para-hydroxylation sites is 1. The summed E-state index contributed by atoms with van der Waals surface area (Å²) in [6, 6.07) is 18.7. The fourth-order valence-electron chi connectivity index (χ4n) is 2.75. The average Bonchev–Trinajstić information content (AvgIpc) is 2.68. The molecule has 3 rings (SSSR count). The maximum absolute atomic E-state index is 12.3. The number of benzene rings is 2. The van der Waals surface area contributed by atoms with Crippen molar-refractivity contribution in [1.29, 1.82) is 0 Å². The minimum absolute atomic E-state index is 0.0611. The van der Waals surface area contributed by atoms with Crippen LogP contribution in [0.15, 0.2) is 73.1 Å². The van der Waals surface area contributed by atoms with Crippen LogP contribution in [0.1, 0.15) is 27.0 Å². The molecule has 0 aliphatic rings. The molecule has 5 nitrogen and oxygen atoms in total. The van der Waals surface area contributed by atoms with Crippen LogP contribution in [0.25, 0.3) is 0 Å². The molecule has 0 bridgehead atoms. The van der Waals surface area contributed by atoms with Crippen LogP contribution in [0, 0.1) is 6.92 Å². The molecule has 2 N–H and O–H groups in total. The van der Waals surface area contributed by atoms with Crippen molar-refractivity contribution in [3.05, 3.63) is 95.3 Å². The van der Waals surface area contributed by atoms with Crippen LogP contribution in [0.4, 0.5) is 5.69 Å². The van der Waals surface area contributed by atoms with Crippen molar-refractivity contribution in [3.63, 3.8) is 0 Å². The van der Waals surface area contributed by atoms with Gasteiger partial charge in [-0.15, -0.1) is 0 Å². The van der Waals surface area contributed by atoms with E-state index in [9.17, 15) is 9.59 Å². The molecule has 0 saturated carbocycles. The Labute approximate surface area is 158 Å². The van der Waals surface area contributed by atoms with Crippen molar-refractivity contribution < 1.29 is 9.59 Å². The lowest BCUT2D eigenvalue weighted by Gasteiger charge is -2.12. The number of carbonyl (C=O) groups is 2. The number of aromatic nitrogens is 1. The van der Waals surface area contributed by atoms with Gasteiger partial charge in [0.25, 0.3) is 5.91 Å². The number of amides is 2. The lowest BCUT2D eigenvalue weighted by Crippen LogP contribution is -2.25. The van der Waals surface area contributed by atoms with Crippen molar-refractivity contribution in [2.45, 2.75) is 19.9 Å². The highest BCUT2D eigenvalue weighted by Gasteiger charge is 2.10. The number of nitrogens with zero attached hydrogens (tertiary/aromatic N) is 1. The van der Waals surface area contributed by atoms with E-state index in [0.717, 1.165) is 16.7 Å². The van der Waals surface area contributed by atoms with Crippen molar-refractivity contribution in [2.75, 3.05) is 5.32 Å². The Morgan fingerprint density at radius 1 is 1.00 bits per heavy atom. The fraction of sp³-hybridized carbons (Fsp3) is 0.136. The Morgan fingerprint density at radius 3 is 2.63 bits per heavy atom. The normalized spacial score (nSPS) is 10.3. The predicted molar refractivity (Wildman–Crippen MR) is 105 cm³/mol. The van der Waals surface area contributed by atoms with E-state index >= 15 is 0 Å². The highest BCUT2D eigenvalue weighted by molar-refractivity contribution is 6.04. The van der Waals surface area contributed by atoms with Gasteiger partial charge in [-0.3, -0.25) is 14.6 Å². The minimum Gasteiger partial charge on any atom is -0.352 e. The summed E-state index contributed by atoms with van der Waals surface area (Å²) in [5.41, 5.74) is 4.10. The van der Waals surface area contributed by atoms with Gasteiger partial charge in [0.2, 0.25) is 5.91 Å². The quantitative estimate of drug-likeness (QED) is 0.708. The van der Waals surface area contributed by atoms with Gasteiger partial charge in [0.05, 0.1) is 12.0 Å². The Morgan fingerprint density at radius 2 is 1.85 bits per heavy atom. The summed E-state index contributed by atoms with van der Waals surface area (Å²) in [4.78, 5) is 28.5. The van der Waals surface area contributed by atoms with Gasteiger partial charge in [-0.1, -0.05) is 48.0 Å². The van der Waals surface area contributed by atoms with Crippen LogP contribution in [-0.2, 0) is 17.8 Å². The molecule has 0 saturated heterocycles. The Bertz CT molecular complexity index is 939. The smallest absolute Gasteiger partial charge is 0.257 e. The number of aryl methyl sites for hydroxylation is 1. The number of hydrogen-bond acceptors (Lipinski definition) is 3. The third-order valence-electron chi connectivity index (χ3n) is 4.11. The van der Waals surface area contributed by atoms with Gasteiger partial charge < -0.3 is 10.6 Å². The van der Waals surface area contributed by atoms with Crippen molar-refractivity contribution in [3.8, 4) is 0 Å². The molecule has 0 unspecified atom stereocenters. The Balaban J connectivity index is 1.62. The zero-order valence-corrected chi connectivity index (χ0v) is 15.1. The van der Waals surface area contributed by atoms with E-state index < -0.39 is 0 Å². The van der Waals surface area contributed by atoms with Crippen LogP contribution < -0.4 is 10.6 Å². The molecule has 1 aromatic heterocycles.